The quantitative estimate of drug-likeness (QED) is 0.838. The van der Waals surface area contributed by atoms with Gasteiger partial charge in [0.05, 0.1) is 0 Å². The predicted molar refractivity (Wildman–Crippen MR) is 85.1 cm³/mol. The lowest BCUT2D eigenvalue weighted by Crippen LogP contribution is -2.42. The number of carbonyl (C=O) groups is 1. The molecule has 1 saturated heterocycles. The molecule has 2 aliphatic rings. The van der Waals surface area contributed by atoms with Crippen molar-refractivity contribution < 1.29 is 4.79 Å². The van der Waals surface area contributed by atoms with E-state index in [2.05, 4.69) is 17.6 Å². The van der Waals surface area contributed by atoms with Crippen LogP contribution in [0.25, 0.3) is 0 Å². The Morgan fingerprint density at radius 2 is 2.26 bits per heavy atom. The Labute approximate surface area is 127 Å². The molecule has 2 N–H and O–H groups in total. The van der Waals surface area contributed by atoms with Gasteiger partial charge in [0, 0.05) is 37.1 Å². The Morgan fingerprint density at radius 1 is 1.42 bits per heavy atom. The van der Waals surface area contributed by atoms with Gasteiger partial charge in [-0.05, 0) is 24.7 Å². The number of rotatable bonds is 4. The van der Waals surface area contributed by atoms with Crippen LogP contribution in [0.15, 0.2) is 0 Å². The zero-order chi connectivity index (χ0) is 12.8. The van der Waals surface area contributed by atoms with E-state index in [1.807, 2.05) is 11.8 Å². The molecule has 0 spiro atoms. The topological polar surface area (TPSA) is 41.1 Å². The Hall–Kier alpha value is 0.0700. The third kappa shape index (κ3) is 6.37. The van der Waals surface area contributed by atoms with Crippen molar-refractivity contribution in [1.82, 2.24) is 10.6 Å². The van der Waals surface area contributed by atoms with E-state index in [0.717, 1.165) is 24.8 Å². The van der Waals surface area contributed by atoms with Gasteiger partial charge in [0.15, 0.2) is 0 Å². The molecule has 0 aromatic heterocycles. The molecule has 3 nitrogen and oxygen atoms in total. The van der Waals surface area contributed by atoms with Crippen molar-refractivity contribution >= 4 is 30.1 Å². The average Bonchev–Trinajstić information content (AvgIpc) is 2.38. The summed E-state index contributed by atoms with van der Waals surface area (Å²) in [7, 11) is 0. The van der Waals surface area contributed by atoms with Crippen LogP contribution < -0.4 is 10.6 Å². The second-order valence-corrected chi connectivity index (χ2v) is 7.02. The summed E-state index contributed by atoms with van der Waals surface area (Å²) in [6, 6.07) is 0.383. The SMILES string of the molecule is CC1CCCC(CNC(=O)CC2CSCCN2)C1.Cl. The molecule has 1 aliphatic heterocycles. The molecule has 0 aromatic carbocycles. The summed E-state index contributed by atoms with van der Waals surface area (Å²) in [6.45, 7) is 4.27. The third-order valence-corrected chi connectivity index (χ3v) is 5.19. The highest BCUT2D eigenvalue weighted by Crippen LogP contribution is 2.27. The second kappa shape index (κ2) is 9.09. The summed E-state index contributed by atoms with van der Waals surface area (Å²) in [4.78, 5) is 11.9. The van der Waals surface area contributed by atoms with Crippen molar-refractivity contribution in [3.63, 3.8) is 0 Å². The Balaban J connectivity index is 0.00000180. The number of nitrogens with one attached hydrogen (secondary N) is 2. The van der Waals surface area contributed by atoms with Gasteiger partial charge in [-0.2, -0.15) is 11.8 Å². The molecule has 1 heterocycles. The summed E-state index contributed by atoms with van der Waals surface area (Å²) in [5.41, 5.74) is 0. The highest BCUT2D eigenvalue weighted by molar-refractivity contribution is 7.99. The minimum absolute atomic E-state index is 0. The average molecular weight is 307 g/mol. The van der Waals surface area contributed by atoms with Gasteiger partial charge >= 0.3 is 0 Å². The molecule has 5 heteroatoms. The normalized spacial score (nSPS) is 31.3. The van der Waals surface area contributed by atoms with Crippen LogP contribution in [0.3, 0.4) is 0 Å². The molecule has 112 valence electrons. The lowest BCUT2D eigenvalue weighted by molar-refractivity contribution is -0.121. The molecule has 3 atom stereocenters. The van der Waals surface area contributed by atoms with Crippen LogP contribution in [0.2, 0.25) is 0 Å². The molecule has 19 heavy (non-hydrogen) atoms. The maximum atomic E-state index is 11.9. The minimum atomic E-state index is 0. The molecular weight excluding hydrogens is 280 g/mol. The summed E-state index contributed by atoms with van der Waals surface area (Å²) >= 11 is 1.95. The number of hydrogen-bond acceptors (Lipinski definition) is 3. The molecule has 1 aliphatic carbocycles. The van der Waals surface area contributed by atoms with Crippen LogP contribution in [0.1, 0.15) is 39.0 Å². The standard InChI is InChI=1S/C14H26N2OS.ClH/c1-11-3-2-4-12(7-11)9-16-14(17)8-13-10-18-6-5-15-13;/h11-13,15H,2-10H2,1H3,(H,16,17);1H. The molecule has 1 amide bonds. The van der Waals surface area contributed by atoms with E-state index in [9.17, 15) is 4.79 Å². The van der Waals surface area contributed by atoms with Crippen molar-refractivity contribution in [3.8, 4) is 0 Å². The summed E-state index contributed by atoms with van der Waals surface area (Å²) in [6.07, 6.45) is 5.94. The van der Waals surface area contributed by atoms with Crippen LogP contribution in [0.4, 0.5) is 0 Å². The Kier molecular flexibility index (Phi) is 8.19. The number of hydrogen-bond donors (Lipinski definition) is 2. The highest BCUT2D eigenvalue weighted by Gasteiger charge is 2.20. The van der Waals surface area contributed by atoms with Crippen LogP contribution in [0.5, 0.6) is 0 Å². The van der Waals surface area contributed by atoms with Crippen molar-refractivity contribution in [3.05, 3.63) is 0 Å². The Bertz CT molecular complexity index is 272. The lowest BCUT2D eigenvalue weighted by Gasteiger charge is -2.27. The highest BCUT2D eigenvalue weighted by atomic mass is 35.5. The van der Waals surface area contributed by atoms with E-state index >= 15 is 0 Å². The fraction of sp³-hybridized carbons (Fsp3) is 0.929. The van der Waals surface area contributed by atoms with Crippen LogP contribution in [-0.2, 0) is 4.79 Å². The number of thioether (sulfide) groups is 1. The molecular formula is C14H27ClN2OS. The molecule has 3 unspecified atom stereocenters. The summed E-state index contributed by atoms with van der Waals surface area (Å²) in [5.74, 6) is 4.04. The third-order valence-electron chi connectivity index (χ3n) is 4.06. The molecule has 0 radical (unpaired) electrons. The van der Waals surface area contributed by atoms with Gasteiger partial charge < -0.3 is 10.6 Å². The first-order chi connectivity index (χ1) is 8.74. The Morgan fingerprint density at radius 3 is 2.95 bits per heavy atom. The fourth-order valence-corrected chi connectivity index (χ4v) is 4.00. The van der Waals surface area contributed by atoms with E-state index in [-0.39, 0.29) is 18.3 Å². The minimum Gasteiger partial charge on any atom is -0.356 e. The predicted octanol–water partition coefficient (Wildman–Crippen LogP) is 2.45. The smallest absolute Gasteiger partial charge is 0.221 e. The van der Waals surface area contributed by atoms with E-state index in [0.29, 0.717) is 18.4 Å². The van der Waals surface area contributed by atoms with Crippen molar-refractivity contribution in [2.45, 2.75) is 45.1 Å². The van der Waals surface area contributed by atoms with Gasteiger partial charge in [0.25, 0.3) is 0 Å². The largest absolute Gasteiger partial charge is 0.356 e. The first-order valence-electron chi connectivity index (χ1n) is 7.32. The molecule has 1 saturated carbocycles. The van der Waals surface area contributed by atoms with Gasteiger partial charge in [-0.15, -0.1) is 12.4 Å². The first kappa shape index (κ1) is 17.1. The van der Waals surface area contributed by atoms with Gasteiger partial charge in [0.2, 0.25) is 5.91 Å². The van der Waals surface area contributed by atoms with Crippen LogP contribution in [-0.4, -0.2) is 36.5 Å². The molecule has 0 aromatic rings. The maximum absolute atomic E-state index is 11.9. The van der Waals surface area contributed by atoms with Gasteiger partial charge in [-0.3, -0.25) is 4.79 Å². The van der Waals surface area contributed by atoms with E-state index in [1.165, 1.54) is 31.4 Å². The zero-order valence-corrected chi connectivity index (χ0v) is 13.5. The van der Waals surface area contributed by atoms with Crippen molar-refractivity contribution in [2.24, 2.45) is 11.8 Å². The van der Waals surface area contributed by atoms with Gasteiger partial charge in [-0.1, -0.05) is 19.8 Å². The fourth-order valence-electron chi connectivity index (χ4n) is 3.05. The van der Waals surface area contributed by atoms with Gasteiger partial charge in [-0.25, -0.2) is 0 Å². The molecule has 2 fully saturated rings. The van der Waals surface area contributed by atoms with E-state index in [1.54, 1.807) is 0 Å². The van der Waals surface area contributed by atoms with Crippen molar-refractivity contribution in [1.29, 1.82) is 0 Å². The number of amides is 1. The monoisotopic (exact) mass is 306 g/mol. The number of carbonyl (C=O) groups excluding carboxylic acids is 1. The molecule has 2 rings (SSSR count). The lowest BCUT2D eigenvalue weighted by atomic mass is 9.82. The van der Waals surface area contributed by atoms with Gasteiger partial charge in [0.1, 0.15) is 0 Å². The van der Waals surface area contributed by atoms with E-state index < -0.39 is 0 Å². The van der Waals surface area contributed by atoms with Crippen LogP contribution >= 0.6 is 24.2 Å². The van der Waals surface area contributed by atoms with Crippen LogP contribution in [0, 0.1) is 11.8 Å². The van der Waals surface area contributed by atoms with E-state index in [4.69, 9.17) is 0 Å². The second-order valence-electron chi connectivity index (χ2n) is 5.87. The zero-order valence-electron chi connectivity index (χ0n) is 11.8. The van der Waals surface area contributed by atoms with Crippen molar-refractivity contribution in [2.75, 3.05) is 24.6 Å². The molecule has 0 bridgehead atoms. The summed E-state index contributed by atoms with van der Waals surface area (Å²) < 4.78 is 0. The first-order valence-corrected chi connectivity index (χ1v) is 8.47. The number of halogens is 1. The maximum Gasteiger partial charge on any atom is 0.221 e. The summed E-state index contributed by atoms with van der Waals surface area (Å²) in [5, 5.41) is 6.55.